The van der Waals surface area contributed by atoms with Gasteiger partial charge in [-0.15, -0.1) is 0 Å². The monoisotopic (exact) mass is 395 g/mol. The van der Waals surface area contributed by atoms with Gasteiger partial charge in [0.05, 0.1) is 6.10 Å². The summed E-state index contributed by atoms with van der Waals surface area (Å²) in [6.45, 7) is 5.14. The SMILES string of the molecule is CCNCc1ccc(C#Cc2ccc(C(=O)NC(C(=O)NO)C(C)O)cc2)cc1. The number of hydrogen-bond donors (Lipinski definition) is 5. The second-order valence-corrected chi connectivity index (χ2v) is 6.47. The maximum absolute atomic E-state index is 12.3. The van der Waals surface area contributed by atoms with Gasteiger partial charge in [0, 0.05) is 23.2 Å². The third-order valence-electron chi connectivity index (χ3n) is 4.19. The number of hydrogen-bond acceptors (Lipinski definition) is 5. The van der Waals surface area contributed by atoms with Gasteiger partial charge in [0.1, 0.15) is 6.04 Å². The van der Waals surface area contributed by atoms with E-state index in [1.165, 1.54) is 18.0 Å². The van der Waals surface area contributed by atoms with Gasteiger partial charge in [-0.3, -0.25) is 14.8 Å². The summed E-state index contributed by atoms with van der Waals surface area (Å²) in [6, 6.07) is 13.3. The Morgan fingerprint density at radius 1 is 1.00 bits per heavy atom. The highest BCUT2D eigenvalue weighted by molar-refractivity contribution is 5.97. The molecule has 0 fully saturated rings. The molecule has 2 aromatic carbocycles. The molecule has 0 aliphatic heterocycles. The topological polar surface area (TPSA) is 111 Å². The third kappa shape index (κ3) is 6.73. The van der Waals surface area contributed by atoms with E-state index < -0.39 is 24.0 Å². The van der Waals surface area contributed by atoms with Crippen molar-refractivity contribution < 1.29 is 19.9 Å². The highest BCUT2D eigenvalue weighted by Gasteiger charge is 2.25. The summed E-state index contributed by atoms with van der Waals surface area (Å²) in [7, 11) is 0. The zero-order valence-electron chi connectivity index (χ0n) is 16.4. The Labute approximate surface area is 170 Å². The Kier molecular flexibility index (Phi) is 8.37. The molecule has 0 radical (unpaired) electrons. The summed E-state index contributed by atoms with van der Waals surface area (Å²) < 4.78 is 0. The summed E-state index contributed by atoms with van der Waals surface area (Å²) in [5.41, 5.74) is 4.55. The Bertz CT molecular complexity index is 881. The number of carbonyl (C=O) groups excluding carboxylic acids is 2. The maximum Gasteiger partial charge on any atom is 0.268 e. The van der Waals surface area contributed by atoms with Gasteiger partial charge >= 0.3 is 0 Å². The van der Waals surface area contributed by atoms with Crippen LogP contribution in [-0.2, 0) is 11.3 Å². The Balaban J connectivity index is 2.02. The Hall–Kier alpha value is -3.18. The molecule has 5 N–H and O–H groups in total. The molecule has 0 heterocycles. The first-order valence-corrected chi connectivity index (χ1v) is 9.29. The van der Waals surface area contributed by atoms with Gasteiger partial charge in [-0.25, -0.2) is 5.48 Å². The van der Waals surface area contributed by atoms with E-state index in [1.807, 2.05) is 24.3 Å². The van der Waals surface area contributed by atoms with Crippen molar-refractivity contribution in [3.8, 4) is 11.8 Å². The maximum atomic E-state index is 12.3. The molecule has 0 aliphatic carbocycles. The van der Waals surface area contributed by atoms with Crippen LogP contribution in [0.25, 0.3) is 0 Å². The molecule has 0 aliphatic rings. The lowest BCUT2D eigenvalue weighted by Gasteiger charge is -2.19. The van der Waals surface area contributed by atoms with Crippen LogP contribution in [0.5, 0.6) is 0 Å². The molecule has 7 heteroatoms. The molecule has 2 amide bonds. The van der Waals surface area contributed by atoms with Crippen LogP contribution in [0.3, 0.4) is 0 Å². The van der Waals surface area contributed by atoms with Gasteiger partial charge in [0.2, 0.25) is 0 Å². The summed E-state index contributed by atoms with van der Waals surface area (Å²) >= 11 is 0. The lowest BCUT2D eigenvalue weighted by molar-refractivity contribution is -0.133. The van der Waals surface area contributed by atoms with Crippen molar-refractivity contribution in [2.75, 3.05) is 6.54 Å². The number of carbonyl (C=O) groups is 2. The molecule has 2 rings (SSSR count). The van der Waals surface area contributed by atoms with Gasteiger partial charge in [-0.05, 0) is 55.4 Å². The van der Waals surface area contributed by atoms with Gasteiger partial charge in [0.25, 0.3) is 11.8 Å². The van der Waals surface area contributed by atoms with Crippen LogP contribution in [0.1, 0.15) is 40.9 Å². The summed E-state index contributed by atoms with van der Waals surface area (Å²) in [4.78, 5) is 23.8. The molecule has 0 aromatic heterocycles. The predicted octanol–water partition coefficient (Wildman–Crippen LogP) is 1.18. The average molecular weight is 395 g/mol. The number of nitrogens with one attached hydrogen (secondary N) is 3. The molecule has 0 bridgehead atoms. The minimum absolute atomic E-state index is 0.305. The van der Waals surface area contributed by atoms with Gasteiger partial charge in [-0.2, -0.15) is 0 Å². The largest absolute Gasteiger partial charge is 0.391 e. The fourth-order valence-corrected chi connectivity index (χ4v) is 2.52. The first-order chi connectivity index (χ1) is 13.9. The molecule has 0 saturated heterocycles. The van der Waals surface area contributed by atoms with Crippen molar-refractivity contribution in [2.45, 2.75) is 32.5 Å². The van der Waals surface area contributed by atoms with E-state index in [0.717, 1.165) is 24.2 Å². The number of aliphatic hydroxyl groups is 1. The molecule has 2 atom stereocenters. The van der Waals surface area contributed by atoms with Gasteiger partial charge in [0.15, 0.2) is 0 Å². The van der Waals surface area contributed by atoms with Gasteiger partial charge < -0.3 is 15.7 Å². The zero-order valence-corrected chi connectivity index (χ0v) is 16.4. The minimum Gasteiger partial charge on any atom is -0.391 e. The van der Waals surface area contributed by atoms with Crippen molar-refractivity contribution in [2.24, 2.45) is 0 Å². The van der Waals surface area contributed by atoms with E-state index in [-0.39, 0.29) is 0 Å². The number of hydroxylamine groups is 1. The number of amides is 2. The van der Waals surface area contributed by atoms with Crippen LogP contribution in [0.4, 0.5) is 0 Å². The molecule has 0 spiro atoms. The molecular weight excluding hydrogens is 370 g/mol. The van der Waals surface area contributed by atoms with Crippen molar-refractivity contribution in [3.05, 3.63) is 70.8 Å². The normalized spacial score (nSPS) is 12.3. The predicted molar refractivity (Wildman–Crippen MR) is 109 cm³/mol. The van der Waals surface area contributed by atoms with Crippen LogP contribution >= 0.6 is 0 Å². The standard InChI is InChI=1S/C22H25N3O4/c1-3-23-14-18-8-6-16(7-9-18)4-5-17-10-12-19(13-11-17)21(27)24-20(15(2)26)22(28)25-29/h6-13,15,20,23,26,29H,3,14H2,1-2H3,(H,24,27)(H,25,28). The highest BCUT2D eigenvalue weighted by Crippen LogP contribution is 2.07. The van der Waals surface area contributed by atoms with E-state index in [4.69, 9.17) is 5.21 Å². The average Bonchev–Trinajstić information content (AvgIpc) is 2.74. The van der Waals surface area contributed by atoms with Crippen LogP contribution in [0, 0.1) is 11.8 Å². The molecular formula is C22H25N3O4. The first-order valence-electron chi connectivity index (χ1n) is 9.29. The van der Waals surface area contributed by atoms with E-state index >= 15 is 0 Å². The number of aliphatic hydroxyl groups excluding tert-OH is 1. The van der Waals surface area contributed by atoms with E-state index in [2.05, 4.69) is 29.4 Å². The molecule has 2 aromatic rings. The number of benzene rings is 2. The number of rotatable bonds is 7. The molecule has 7 nitrogen and oxygen atoms in total. The molecule has 0 saturated carbocycles. The van der Waals surface area contributed by atoms with E-state index in [9.17, 15) is 14.7 Å². The summed E-state index contributed by atoms with van der Waals surface area (Å²) in [5.74, 6) is 4.68. The van der Waals surface area contributed by atoms with Crippen LogP contribution in [0.15, 0.2) is 48.5 Å². The Morgan fingerprint density at radius 3 is 2.03 bits per heavy atom. The third-order valence-corrected chi connectivity index (χ3v) is 4.19. The van der Waals surface area contributed by atoms with E-state index in [1.54, 1.807) is 24.3 Å². The zero-order chi connectivity index (χ0) is 21.2. The fourth-order valence-electron chi connectivity index (χ4n) is 2.52. The van der Waals surface area contributed by atoms with Crippen molar-refractivity contribution in [1.29, 1.82) is 0 Å². The van der Waals surface area contributed by atoms with Crippen molar-refractivity contribution in [1.82, 2.24) is 16.1 Å². The molecule has 152 valence electrons. The molecule has 2 unspecified atom stereocenters. The van der Waals surface area contributed by atoms with E-state index in [0.29, 0.717) is 5.56 Å². The quantitative estimate of drug-likeness (QED) is 0.275. The minimum atomic E-state index is -1.26. The summed E-state index contributed by atoms with van der Waals surface area (Å²) in [5, 5.41) is 23.9. The van der Waals surface area contributed by atoms with Crippen LogP contribution in [-0.4, -0.2) is 40.8 Å². The second-order valence-electron chi connectivity index (χ2n) is 6.47. The lowest BCUT2D eigenvalue weighted by atomic mass is 10.1. The van der Waals surface area contributed by atoms with Crippen LogP contribution in [0.2, 0.25) is 0 Å². The first kappa shape index (κ1) is 22.1. The molecule has 29 heavy (non-hydrogen) atoms. The van der Waals surface area contributed by atoms with Crippen molar-refractivity contribution >= 4 is 11.8 Å². The lowest BCUT2D eigenvalue weighted by Crippen LogP contribution is -2.51. The fraction of sp³-hybridized carbons (Fsp3) is 0.273. The van der Waals surface area contributed by atoms with Crippen LogP contribution < -0.4 is 16.1 Å². The van der Waals surface area contributed by atoms with Gasteiger partial charge in [-0.1, -0.05) is 30.9 Å². The van der Waals surface area contributed by atoms with Crippen molar-refractivity contribution in [3.63, 3.8) is 0 Å². The second kappa shape index (κ2) is 11.0. The highest BCUT2D eigenvalue weighted by atomic mass is 16.5. The smallest absolute Gasteiger partial charge is 0.268 e. The summed E-state index contributed by atoms with van der Waals surface area (Å²) in [6.07, 6.45) is -1.17. The Morgan fingerprint density at radius 2 is 1.55 bits per heavy atom.